The maximum Gasteiger partial charge on any atom is 0.255 e. The number of amides is 1. The number of rotatable bonds is 5. The Labute approximate surface area is 122 Å². The summed E-state index contributed by atoms with van der Waals surface area (Å²) in [4.78, 5) is 13.1. The van der Waals surface area contributed by atoms with Gasteiger partial charge in [0.15, 0.2) is 12.4 Å². The summed E-state index contributed by atoms with van der Waals surface area (Å²) in [7, 11) is 2.92. The molecule has 2 aliphatic heterocycles. The Bertz CT molecular complexity index is 457. The van der Waals surface area contributed by atoms with Crippen molar-refractivity contribution in [3.63, 3.8) is 0 Å². The second kappa shape index (κ2) is 6.52. The maximum absolute atomic E-state index is 14.6. The minimum Gasteiger partial charge on any atom is -0.382 e. The Morgan fingerprint density at radius 3 is 2.86 bits per heavy atom. The Morgan fingerprint density at radius 1 is 1.57 bits per heavy atom. The minimum atomic E-state index is -1.42. The second-order valence-corrected chi connectivity index (χ2v) is 4.83. The van der Waals surface area contributed by atoms with Crippen LogP contribution in [0.15, 0.2) is 24.2 Å². The highest BCUT2D eigenvalue weighted by molar-refractivity contribution is 5.95. The van der Waals surface area contributed by atoms with Gasteiger partial charge in [-0.15, -0.1) is 0 Å². The molecule has 0 radical (unpaired) electrons. The zero-order valence-corrected chi connectivity index (χ0v) is 12.0. The molecule has 2 heterocycles. The first-order chi connectivity index (χ1) is 10.0. The van der Waals surface area contributed by atoms with Crippen molar-refractivity contribution in [3.05, 3.63) is 24.2 Å². The zero-order chi connectivity index (χ0) is 15.6. The van der Waals surface area contributed by atoms with Crippen LogP contribution in [0.1, 0.15) is 0 Å². The van der Waals surface area contributed by atoms with Gasteiger partial charge in [0.1, 0.15) is 18.0 Å². The summed E-state index contributed by atoms with van der Waals surface area (Å²) in [5.74, 6) is -0.110. The number of nitrogens with zero attached hydrogens (tertiary/aromatic N) is 1. The van der Waals surface area contributed by atoms with Crippen molar-refractivity contribution in [3.8, 4) is 0 Å². The number of methoxy groups -OCH3 is 2. The highest BCUT2D eigenvalue weighted by atomic mass is 19.1. The molecular weight excluding hydrogens is 281 g/mol. The average Bonchev–Trinajstić information content (AvgIpc) is 2.75. The molecule has 0 aromatic heterocycles. The summed E-state index contributed by atoms with van der Waals surface area (Å²) in [6, 6.07) is 0. The van der Waals surface area contributed by atoms with Crippen molar-refractivity contribution in [2.45, 2.75) is 24.6 Å². The number of hydrogen-bond acceptors (Lipinski definition) is 6. The third kappa shape index (κ3) is 2.93. The molecule has 1 amide bonds. The molecule has 1 fully saturated rings. The molecule has 8 heteroatoms. The Morgan fingerprint density at radius 2 is 2.29 bits per heavy atom. The predicted octanol–water partition coefficient (Wildman–Crippen LogP) is -0.544. The van der Waals surface area contributed by atoms with Gasteiger partial charge in [0.05, 0.1) is 6.61 Å². The van der Waals surface area contributed by atoms with E-state index in [4.69, 9.17) is 19.9 Å². The van der Waals surface area contributed by atoms with Crippen LogP contribution in [0.4, 0.5) is 4.39 Å². The van der Waals surface area contributed by atoms with Crippen molar-refractivity contribution < 1.29 is 23.4 Å². The molecule has 0 aliphatic carbocycles. The highest BCUT2D eigenvalue weighted by Crippen LogP contribution is 2.31. The molecule has 3 N–H and O–H groups in total. The molecule has 0 bridgehead atoms. The molecule has 21 heavy (non-hydrogen) atoms. The molecule has 0 aromatic carbocycles. The van der Waals surface area contributed by atoms with Gasteiger partial charge in [-0.1, -0.05) is 6.58 Å². The lowest BCUT2D eigenvalue weighted by atomic mass is 10.1. The van der Waals surface area contributed by atoms with Gasteiger partial charge in [0.2, 0.25) is 0 Å². The summed E-state index contributed by atoms with van der Waals surface area (Å²) < 4.78 is 30.4. The fourth-order valence-corrected chi connectivity index (χ4v) is 2.45. The van der Waals surface area contributed by atoms with E-state index < -0.39 is 24.6 Å². The van der Waals surface area contributed by atoms with Crippen molar-refractivity contribution in [1.29, 1.82) is 0 Å². The van der Waals surface area contributed by atoms with Gasteiger partial charge in [-0.25, -0.2) is 4.39 Å². The molecule has 0 saturated carbocycles. The molecule has 0 aromatic rings. The number of nitrogens with one attached hydrogen (secondary N) is 1. The Hall–Kier alpha value is -1.48. The normalized spacial score (nSPS) is 33.1. The quantitative estimate of drug-likeness (QED) is 0.709. The van der Waals surface area contributed by atoms with Crippen LogP contribution in [0.2, 0.25) is 0 Å². The molecule has 4 atom stereocenters. The summed E-state index contributed by atoms with van der Waals surface area (Å²) in [6.07, 6.45) is -2.21. The SMILES string of the molecule is C=C1NC(=O)C(CN)=CN1[C@@H]1OC(COC)[C@@H](OC)C1F. The van der Waals surface area contributed by atoms with Gasteiger partial charge < -0.3 is 30.2 Å². The number of alkyl halides is 1. The van der Waals surface area contributed by atoms with Crippen LogP contribution < -0.4 is 11.1 Å². The summed E-state index contributed by atoms with van der Waals surface area (Å²) >= 11 is 0. The summed E-state index contributed by atoms with van der Waals surface area (Å²) in [5.41, 5.74) is 5.82. The van der Waals surface area contributed by atoms with Crippen molar-refractivity contribution in [2.24, 2.45) is 5.73 Å². The van der Waals surface area contributed by atoms with E-state index in [1.807, 2.05) is 0 Å². The average molecular weight is 301 g/mol. The zero-order valence-electron chi connectivity index (χ0n) is 12.0. The molecule has 118 valence electrons. The number of carbonyl (C=O) groups is 1. The lowest BCUT2D eigenvalue weighted by Gasteiger charge is -2.33. The first kappa shape index (κ1) is 15.9. The molecule has 2 unspecified atom stereocenters. The fraction of sp³-hybridized carbons (Fsp3) is 0.615. The smallest absolute Gasteiger partial charge is 0.255 e. The van der Waals surface area contributed by atoms with Gasteiger partial charge >= 0.3 is 0 Å². The lowest BCUT2D eigenvalue weighted by Crippen LogP contribution is -2.47. The monoisotopic (exact) mass is 301 g/mol. The summed E-state index contributed by atoms with van der Waals surface area (Å²) in [5, 5.41) is 2.53. The van der Waals surface area contributed by atoms with E-state index in [1.54, 1.807) is 0 Å². The van der Waals surface area contributed by atoms with Gasteiger partial charge in [-0.05, 0) is 0 Å². The minimum absolute atomic E-state index is 0.0362. The number of hydrogen-bond donors (Lipinski definition) is 2. The predicted molar refractivity (Wildman–Crippen MR) is 72.5 cm³/mol. The lowest BCUT2D eigenvalue weighted by molar-refractivity contribution is -0.119. The maximum atomic E-state index is 14.6. The van der Waals surface area contributed by atoms with E-state index in [-0.39, 0.29) is 24.9 Å². The topological polar surface area (TPSA) is 86.1 Å². The number of halogens is 1. The van der Waals surface area contributed by atoms with Crippen LogP contribution in [0.25, 0.3) is 0 Å². The van der Waals surface area contributed by atoms with Gasteiger partial charge in [-0.2, -0.15) is 0 Å². The van der Waals surface area contributed by atoms with E-state index in [9.17, 15) is 9.18 Å². The third-order valence-electron chi connectivity index (χ3n) is 3.52. The standard InChI is InChI=1S/C13H20FN3O4/c1-7-16-12(18)8(4-15)5-17(7)13-10(14)11(20-3)9(21-13)6-19-2/h5,9-11,13H,1,4,6,15H2,2-3H3,(H,16,18)/t9?,10?,11-,13-/m1/s1. The largest absolute Gasteiger partial charge is 0.382 e. The van der Waals surface area contributed by atoms with Gasteiger partial charge in [-0.3, -0.25) is 4.79 Å². The first-order valence-corrected chi connectivity index (χ1v) is 6.54. The summed E-state index contributed by atoms with van der Waals surface area (Å²) in [6.45, 7) is 3.95. The van der Waals surface area contributed by atoms with Crippen molar-refractivity contribution in [1.82, 2.24) is 10.2 Å². The molecule has 7 nitrogen and oxygen atoms in total. The van der Waals surface area contributed by atoms with E-state index in [1.165, 1.54) is 25.3 Å². The van der Waals surface area contributed by atoms with Gasteiger partial charge in [0.25, 0.3) is 5.91 Å². The van der Waals surface area contributed by atoms with Crippen LogP contribution in [0, 0.1) is 0 Å². The number of ether oxygens (including phenoxy) is 3. The van der Waals surface area contributed by atoms with Crippen molar-refractivity contribution >= 4 is 5.91 Å². The second-order valence-electron chi connectivity index (χ2n) is 4.83. The van der Waals surface area contributed by atoms with Crippen LogP contribution in [0.5, 0.6) is 0 Å². The van der Waals surface area contributed by atoms with E-state index in [0.717, 1.165) is 0 Å². The van der Waals surface area contributed by atoms with Crippen LogP contribution in [-0.4, -0.2) is 62.8 Å². The number of carbonyl (C=O) groups excluding carboxylic acids is 1. The first-order valence-electron chi connectivity index (χ1n) is 6.54. The van der Waals surface area contributed by atoms with Crippen LogP contribution in [0.3, 0.4) is 0 Å². The van der Waals surface area contributed by atoms with Crippen LogP contribution in [-0.2, 0) is 19.0 Å². The fourth-order valence-electron chi connectivity index (χ4n) is 2.45. The molecule has 2 aliphatic rings. The van der Waals surface area contributed by atoms with E-state index in [2.05, 4.69) is 11.9 Å². The van der Waals surface area contributed by atoms with Gasteiger partial charge in [0, 0.05) is 32.5 Å². The van der Waals surface area contributed by atoms with E-state index in [0.29, 0.717) is 5.57 Å². The van der Waals surface area contributed by atoms with E-state index >= 15 is 0 Å². The highest BCUT2D eigenvalue weighted by Gasteiger charge is 2.48. The van der Waals surface area contributed by atoms with Crippen LogP contribution >= 0.6 is 0 Å². The third-order valence-corrected chi connectivity index (χ3v) is 3.52. The Kier molecular flexibility index (Phi) is 4.94. The molecule has 0 spiro atoms. The molecule has 2 rings (SSSR count). The molecule has 1 saturated heterocycles. The Balaban J connectivity index is 2.22. The van der Waals surface area contributed by atoms with Crippen molar-refractivity contribution in [2.75, 3.05) is 27.4 Å². The number of nitrogens with two attached hydrogens (primary N) is 1. The molecular formula is C13H20FN3O4.